The van der Waals surface area contributed by atoms with E-state index in [9.17, 15) is 13.6 Å². The number of carbonyl (C=O) groups excluding carboxylic acids is 1. The standard InChI is InChI=1S/C26H32ClF2N5O2.CH5P/c1-6-21(27)10-8-17(3)14-22(33-13-12-18(4)26(33)31-7-2)19(5)34(30)24(35)16-36-23-11-9-20(15-32-23)25(28)29;1-2/h6-13,15,19,22,25H,1,14,16,30H2,2-5H3;2H2,1H3/b17-8+,21-10+,31-7-;. The zero-order valence-electron chi connectivity index (χ0n) is 22.4. The zero-order chi connectivity index (χ0) is 28.8. The molecule has 1 amide bonds. The smallest absolute Gasteiger partial charge is 0.274 e. The number of nitrogens with zero attached hydrogens (tertiary/aromatic N) is 4. The molecule has 0 fully saturated rings. The number of halogens is 3. The topological polar surface area (TPSA) is 85.7 Å². The van der Waals surface area contributed by atoms with Gasteiger partial charge in [-0.3, -0.25) is 9.80 Å². The molecule has 208 valence electrons. The number of alkyl halides is 2. The predicted octanol–water partition coefficient (Wildman–Crippen LogP) is 6.70. The van der Waals surface area contributed by atoms with Crippen LogP contribution in [0.4, 0.5) is 14.6 Å². The van der Waals surface area contributed by atoms with Gasteiger partial charge >= 0.3 is 0 Å². The third-order valence-corrected chi connectivity index (χ3v) is 5.86. The maximum absolute atomic E-state index is 12.9. The molecular weight excluding hydrogens is 531 g/mol. The van der Waals surface area contributed by atoms with E-state index in [1.165, 1.54) is 12.1 Å². The maximum atomic E-state index is 12.9. The summed E-state index contributed by atoms with van der Waals surface area (Å²) >= 11 is 6.04. The van der Waals surface area contributed by atoms with Gasteiger partial charge in [0.2, 0.25) is 5.88 Å². The second kappa shape index (κ2) is 16.9. The van der Waals surface area contributed by atoms with Crippen molar-refractivity contribution in [2.45, 2.75) is 52.6 Å². The fourth-order valence-corrected chi connectivity index (χ4v) is 3.58. The van der Waals surface area contributed by atoms with Crippen molar-refractivity contribution >= 4 is 38.8 Å². The monoisotopic (exact) mass is 567 g/mol. The fraction of sp³-hybridized carbons (Fsp3) is 0.370. The number of aliphatic imine (C=N–C) groups is 1. The van der Waals surface area contributed by atoms with Crippen molar-refractivity contribution in [3.05, 3.63) is 77.1 Å². The first-order chi connectivity index (χ1) is 18.1. The zero-order valence-corrected chi connectivity index (χ0v) is 24.4. The summed E-state index contributed by atoms with van der Waals surface area (Å²) in [5, 5.41) is 1.63. The number of hydrazine groups is 1. The Morgan fingerprint density at radius 2 is 2.03 bits per heavy atom. The van der Waals surface area contributed by atoms with Gasteiger partial charge in [-0.05, 0) is 57.9 Å². The van der Waals surface area contributed by atoms with Gasteiger partial charge in [0, 0.05) is 35.3 Å². The Bertz CT molecular complexity index is 1130. The molecule has 2 aromatic heterocycles. The van der Waals surface area contributed by atoms with Crippen LogP contribution in [-0.4, -0.2) is 46.0 Å². The number of allylic oxidation sites excluding steroid dienone is 5. The number of ether oxygens (including phenoxy) is 1. The summed E-state index contributed by atoms with van der Waals surface area (Å²) in [7, 11) is 2.42. The molecule has 0 spiro atoms. The summed E-state index contributed by atoms with van der Waals surface area (Å²) < 4.78 is 32.8. The van der Waals surface area contributed by atoms with E-state index in [1.807, 2.05) is 57.3 Å². The summed E-state index contributed by atoms with van der Waals surface area (Å²) in [6, 6.07) is 3.71. The van der Waals surface area contributed by atoms with Gasteiger partial charge in [-0.25, -0.2) is 24.6 Å². The van der Waals surface area contributed by atoms with Gasteiger partial charge in [0.25, 0.3) is 12.3 Å². The van der Waals surface area contributed by atoms with Crippen LogP contribution < -0.4 is 10.6 Å². The van der Waals surface area contributed by atoms with Crippen LogP contribution in [0, 0.1) is 6.92 Å². The lowest BCUT2D eigenvalue weighted by Crippen LogP contribution is -2.50. The van der Waals surface area contributed by atoms with Crippen molar-refractivity contribution < 1.29 is 18.3 Å². The van der Waals surface area contributed by atoms with Crippen molar-refractivity contribution in [3.63, 3.8) is 0 Å². The number of carbonyl (C=O) groups is 1. The van der Waals surface area contributed by atoms with Crippen LogP contribution in [0.2, 0.25) is 0 Å². The van der Waals surface area contributed by atoms with E-state index >= 15 is 0 Å². The van der Waals surface area contributed by atoms with Gasteiger partial charge in [0.1, 0.15) is 5.82 Å². The van der Waals surface area contributed by atoms with Crippen LogP contribution in [0.25, 0.3) is 0 Å². The molecule has 0 aliphatic rings. The van der Waals surface area contributed by atoms with E-state index in [0.717, 1.165) is 28.2 Å². The number of hydrogen-bond donors (Lipinski definition) is 1. The van der Waals surface area contributed by atoms with Gasteiger partial charge in [-0.1, -0.05) is 42.6 Å². The molecule has 2 aromatic rings. The fourth-order valence-electron chi connectivity index (χ4n) is 3.52. The predicted molar refractivity (Wildman–Crippen MR) is 155 cm³/mol. The van der Waals surface area contributed by atoms with Gasteiger partial charge in [0.05, 0.1) is 12.1 Å². The highest BCUT2D eigenvalue weighted by atomic mass is 35.5. The molecule has 0 radical (unpaired) electrons. The lowest BCUT2D eigenvalue weighted by atomic mass is 10.00. The average Bonchev–Trinajstić information content (AvgIpc) is 3.29. The van der Waals surface area contributed by atoms with Gasteiger partial charge in [0.15, 0.2) is 6.61 Å². The molecule has 0 saturated carbocycles. The Labute approximate surface area is 231 Å². The van der Waals surface area contributed by atoms with Crippen LogP contribution in [0.1, 0.15) is 50.8 Å². The summed E-state index contributed by atoms with van der Waals surface area (Å²) in [5.74, 6) is 6.57. The van der Waals surface area contributed by atoms with E-state index < -0.39 is 25.0 Å². The molecule has 38 heavy (non-hydrogen) atoms. The second-order valence-electron chi connectivity index (χ2n) is 8.22. The molecule has 2 rings (SSSR count). The molecule has 3 unspecified atom stereocenters. The highest BCUT2D eigenvalue weighted by Gasteiger charge is 2.29. The average molecular weight is 568 g/mol. The van der Waals surface area contributed by atoms with Crippen molar-refractivity contribution in [2.75, 3.05) is 13.3 Å². The van der Waals surface area contributed by atoms with Crippen LogP contribution in [-0.2, 0) is 4.79 Å². The van der Waals surface area contributed by atoms with E-state index in [0.29, 0.717) is 11.5 Å². The highest BCUT2D eigenvalue weighted by molar-refractivity contribution is 7.15. The van der Waals surface area contributed by atoms with Crippen LogP contribution in [0.15, 0.2) is 71.0 Å². The van der Waals surface area contributed by atoms with E-state index in [1.54, 1.807) is 18.4 Å². The van der Waals surface area contributed by atoms with Crippen LogP contribution in [0.5, 0.6) is 5.88 Å². The van der Waals surface area contributed by atoms with Gasteiger partial charge in [-0.2, -0.15) is 0 Å². The SMILES string of the molecule is C=C/C(Cl)=C\C=C(/C)CC(C(C)N(N)C(=O)COc1ccc(C(F)F)cn1)n1ccc(C)c1/N=C\C.CP. The molecule has 0 aromatic carbocycles. The molecule has 0 aliphatic heterocycles. The van der Waals surface area contributed by atoms with Crippen molar-refractivity contribution in [1.82, 2.24) is 14.6 Å². The van der Waals surface area contributed by atoms with Crippen molar-refractivity contribution in [1.29, 1.82) is 0 Å². The number of nitrogens with two attached hydrogens (primary N) is 1. The first-order valence-electron chi connectivity index (χ1n) is 11.9. The molecule has 2 N–H and O–H groups in total. The Morgan fingerprint density at radius 1 is 1.34 bits per heavy atom. The number of aromatic nitrogens is 2. The van der Waals surface area contributed by atoms with Crippen molar-refractivity contribution in [3.8, 4) is 5.88 Å². The Hall–Kier alpha value is -2.87. The summed E-state index contributed by atoms with van der Waals surface area (Å²) in [4.78, 5) is 21.2. The summed E-state index contributed by atoms with van der Waals surface area (Å²) in [6.45, 7) is 12.8. The van der Waals surface area contributed by atoms with Crippen LogP contribution >= 0.6 is 20.8 Å². The number of rotatable bonds is 12. The second-order valence-corrected chi connectivity index (χ2v) is 8.65. The minimum atomic E-state index is -2.63. The van der Waals surface area contributed by atoms with E-state index in [4.69, 9.17) is 22.2 Å². The lowest BCUT2D eigenvalue weighted by Gasteiger charge is -2.33. The molecule has 0 bridgehead atoms. The maximum Gasteiger partial charge on any atom is 0.274 e. The highest BCUT2D eigenvalue weighted by Crippen LogP contribution is 2.32. The third kappa shape index (κ3) is 9.78. The van der Waals surface area contributed by atoms with Gasteiger partial charge < -0.3 is 9.30 Å². The summed E-state index contributed by atoms with van der Waals surface area (Å²) in [5.41, 5.74) is 1.76. The molecule has 11 heteroatoms. The molecule has 7 nitrogen and oxygen atoms in total. The quantitative estimate of drug-likeness (QED) is 0.0772. The molecule has 3 atom stereocenters. The minimum Gasteiger partial charge on any atom is -0.467 e. The summed E-state index contributed by atoms with van der Waals surface area (Å²) in [6.07, 6.45) is 7.75. The normalized spacial score (nSPS) is 13.7. The number of aryl methyl sites for hydroxylation is 1. The number of pyridine rings is 1. The minimum absolute atomic E-state index is 0.0515. The first-order valence-corrected chi connectivity index (χ1v) is 13.4. The molecule has 0 saturated heterocycles. The lowest BCUT2D eigenvalue weighted by molar-refractivity contribution is -0.136. The first kappa shape index (κ1) is 33.2. The van der Waals surface area contributed by atoms with E-state index in [-0.39, 0.29) is 17.5 Å². The number of amides is 1. The largest absolute Gasteiger partial charge is 0.467 e. The Morgan fingerprint density at radius 3 is 2.58 bits per heavy atom. The molecule has 2 heterocycles. The van der Waals surface area contributed by atoms with Crippen molar-refractivity contribution in [2.24, 2.45) is 10.8 Å². The van der Waals surface area contributed by atoms with Gasteiger partial charge in [-0.15, -0.1) is 9.24 Å². The third-order valence-electron chi connectivity index (χ3n) is 5.58. The van der Waals surface area contributed by atoms with E-state index in [2.05, 4.69) is 25.8 Å². The molecule has 0 aliphatic carbocycles. The Kier molecular flexibility index (Phi) is 14.7. The number of hydrogen-bond acceptors (Lipinski definition) is 5. The Balaban J connectivity index is 0.00000352. The van der Waals surface area contributed by atoms with Crippen LogP contribution in [0.3, 0.4) is 0 Å². The molecular formula is C27H37ClF2N5O2P.